The third-order valence-corrected chi connectivity index (χ3v) is 4.92. The zero-order chi connectivity index (χ0) is 17.4. The van der Waals surface area contributed by atoms with Crippen LogP contribution in [-0.4, -0.2) is 58.8 Å². The number of nitrogens with zero attached hydrogens (tertiary/aromatic N) is 6. The summed E-state index contributed by atoms with van der Waals surface area (Å²) in [6.07, 6.45) is 3.75. The van der Waals surface area contributed by atoms with Gasteiger partial charge in [-0.05, 0) is 17.7 Å². The van der Waals surface area contributed by atoms with Gasteiger partial charge in [0.2, 0.25) is 0 Å². The van der Waals surface area contributed by atoms with E-state index in [4.69, 9.17) is 5.26 Å². The van der Waals surface area contributed by atoms with Crippen LogP contribution in [0.5, 0.6) is 0 Å². The number of likely N-dealkylation sites (N-methyl/N-ethyl adjacent to an activating group) is 1. The van der Waals surface area contributed by atoms with Crippen molar-refractivity contribution in [2.75, 3.05) is 38.1 Å². The fourth-order valence-corrected chi connectivity index (χ4v) is 3.34. The van der Waals surface area contributed by atoms with E-state index in [0.29, 0.717) is 11.6 Å². The maximum absolute atomic E-state index is 12.1. The van der Waals surface area contributed by atoms with Crippen molar-refractivity contribution in [1.29, 1.82) is 5.26 Å². The fraction of sp³-hybridized carbons (Fsp3) is 0.389. The standard InChI is InChI=1S/C18H20N6O/c1-21-6-7-23(18(21)25)16-9-20-24(13-16)17-11-22(12-17)10-15-4-2-14(8-19)3-5-15/h2-5,9,13,17H,6-7,10-12H2,1H3. The van der Waals surface area contributed by atoms with Crippen LogP contribution in [0.1, 0.15) is 17.2 Å². The van der Waals surface area contributed by atoms with E-state index in [0.717, 1.165) is 38.4 Å². The fourth-order valence-electron chi connectivity index (χ4n) is 3.34. The maximum atomic E-state index is 12.1. The normalized spacial score (nSPS) is 18.5. The molecule has 0 bridgehead atoms. The number of rotatable bonds is 4. The Balaban J connectivity index is 1.33. The predicted molar refractivity (Wildman–Crippen MR) is 93.1 cm³/mol. The summed E-state index contributed by atoms with van der Waals surface area (Å²) in [6, 6.07) is 10.3. The molecule has 2 amide bonds. The molecule has 0 aliphatic carbocycles. The summed E-state index contributed by atoms with van der Waals surface area (Å²) in [7, 11) is 1.82. The molecule has 2 saturated heterocycles. The van der Waals surface area contributed by atoms with Crippen molar-refractivity contribution in [3.8, 4) is 6.07 Å². The van der Waals surface area contributed by atoms with Gasteiger partial charge in [0.1, 0.15) is 0 Å². The number of likely N-dealkylation sites (tertiary alicyclic amines) is 1. The van der Waals surface area contributed by atoms with Crippen LogP contribution in [0.15, 0.2) is 36.7 Å². The van der Waals surface area contributed by atoms with Gasteiger partial charge in [-0.2, -0.15) is 10.4 Å². The van der Waals surface area contributed by atoms with Crippen molar-refractivity contribution in [1.82, 2.24) is 19.6 Å². The van der Waals surface area contributed by atoms with Gasteiger partial charge in [0.05, 0.1) is 29.6 Å². The number of anilines is 1. The zero-order valence-corrected chi connectivity index (χ0v) is 14.2. The molecule has 0 spiro atoms. The van der Waals surface area contributed by atoms with Gasteiger partial charge in [0.15, 0.2) is 0 Å². The molecule has 128 valence electrons. The first-order valence-electron chi connectivity index (χ1n) is 8.42. The van der Waals surface area contributed by atoms with E-state index in [2.05, 4.69) is 16.1 Å². The second kappa shape index (κ2) is 6.22. The Bertz CT molecular complexity index is 815. The third kappa shape index (κ3) is 2.96. The molecule has 2 aliphatic rings. The molecule has 4 rings (SSSR count). The largest absolute Gasteiger partial charge is 0.326 e. The van der Waals surface area contributed by atoms with Crippen molar-refractivity contribution in [3.63, 3.8) is 0 Å². The molecule has 7 heteroatoms. The average Bonchev–Trinajstić information content (AvgIpc) is 3.19. The Morgan fingerprint density at radius 1 is 1.24 bits per heavy atom. The maximum Gasteiger partial charge on any atom is 0.324 e. The van der Waals surface area contributed by atoms with E-state index >= 15 is 0 Å². The molecule has 25 heavy (non-hydrogen) atoms. The Labute approximate surface area is 146 Å². The Hall–Kier alpha value is -2.85. The molecule has 0 radical (unpaired) electrons. The summed E-state index contributed by atoms with van der Waals surface area (Å²) in [4.78, 5) is 17.9. The minimum Gasteiger partial charge on any atom is -0.326 e. The van der Waals surface area contributed by atoms with Gasteiger partial charge in [-0.15, -0.1) is 0 Å². The number of carbonyl (C=O) groups excluding carboxylic acids is 1. The van der Waals surface area contributed by atoms with Crippen LogP contribution >= 0.6 is 0 Å². The van der Waals surface area contributed by atoms with Crippen molar-refractivity contribution >= 4 is 11.7 Å². The molecule has 0 atom stereocenters. The van der Waals surface area contributed by atoms with Crippen molar-refractivity contribution < 1.29 is 4.79 Å². The molecule has 2 aliphatic heterocycles. The number of benzene rings is 1. The van der Waals surface area contributed by atoms with Crippen LogP contribution in [0.2, 0.25) is 0 Å². The summed E-state index contributed by atoms with van der Waals surface area (Å²) in [5.74, 6) is 0. The van der Waals surface area contributed by atoms with Crippen LogP contribution in [0, 0.1) is 11.3 Å². The third-order valence-electron chi connectivity index (χ3n) is 4.92. The molecule has 0 unspecified atom stereocenters. The summed E-state index contributed by atoms with van der Waals surface area (Å²) in [6.45, 7) is 4.23. The predicted octanol–water partition coefficient (Wildman–Crippen LogP) is 1.68. The lowest BCUT2D eigenvalue weighted by Crippen LogP contribution is -2.47. The number of aromatic nitrogens is 2. The number of nitriles is 1. The molecular formula is C18H20N6O. The number of amides is 2. The lowest BCUT2D eigenvalue weighted by molar-refractivity contribution is 0.0909. The monoisotopic (exact) mass is 336 g/mol. The van der Waals surface area contributed by atoms with Gasteiger partial charge in [0, 0.05) is 46.0 Å². The smallest absolute Gasteiger partial charge is 0.324 e. The highest BCUT2D eigenvalue weighted by Gasteiger charge is 2.31. The van der Waals surface area contributed by atoms with E-state index < -0.39 is 0 Å². The number of hydrogen-bond donors (Lipinski definition) is 0. The van der Waals surface area contributed by atoms with Crippen LogP contribution in [0.3, 0.4) is 0 Å². The highest BCUT2D eigenvalue weighted by atomic mass is 16.2. The summed E-state index contributed by atoms with van der Waals surface area (Å²) < 4.78 is 1.97. The number of hydrogen-bond acceptors (Lipinski definition) is 4. The first kappa shape index (κ1) is 15.7. The van der Waals surface area contributed by atoms with Gasteiger partial charge in [0.25, 0.3) is 0 Å². The van der Waals surface area contributed by atoms with Gasteiger partial charge in [-0.25, -0.2) is 4.79 Å². The van der Waals surface area contributed by atoms with E-state index in [9.17, 15) is 4.79 Å². The molecule has 2 aromatic rings. The van der Waals surface area contributed by atoms with E-state index in [1.54, 1.807) is 16.0 Å². The van der Waals surface area contributed by atoms with Crippen LogP contribution in [0.4, 0.5) is 10.5 Å². The second-order valence-corrected chi connectivity index (χ2v) is 6.69. The van der Waals surface area contributed by atoms with Crippen molar-refractivity contribution in [3.05, 3.63) is 47.8 Å². The second-order valence-electron chi connectivity index (χ2n) is 6.69. The van der Waals surface area contributed by atoms with Crippen LogP contribution < -0.4 is 4.90 Å². The van der Waals surface area contributed by atoms with Gasteiger partial charge < -0.3 is 4.90 Å². The van der Waals surface area contributed by atoms with E-state index in [-0.39, 0.29) is 6.03 Å². The molecule has 1 aromatic carbocycles. The lowest BCUT2D eigenvalue weighted by atomic mass is 10.1. The molecule has 0 saturated carbocycles. The van der Waals surface area contributed by atoms with Gasteiger partial charge >= 0.3 is 6.03 Å². The van der Waals surface area contributed by atoms with Crippen molar-refractivity contribution in [2.24, 2.45) is 0 Å². The van der Waals surface area contributed by atoms with Gasteiger partial charge in [-0.1, -0.05) is 12.1 Å². The summed E-state index contributed by atoms with van der Waals surface area (Å²) in [5.41, 5.74) is 2.78. The Morgan fingerprint density at radius 2 is 2.00 bits per heavy atom. The van der Waals surface area contributed by atoms with Crippen molar-refractivity contribution in [2.45, 2.75) is 12.6 Å². The molecule has 3 heterocycles. The molecule has 7 nitrogen and oxygen atoms in total. The highest BCUT2D eigenvalue weighted by molar-refractivity contribution is 5.93. The summed E-state index contributed by atoms with van der Waals surface area (Å²) in [5, 5.41) is 13.3. The minimum atomic E-state index is 0.0376. The minimum absolute atomic E-state index is 0.0376. The highest BCUT2D eigenvalue weighted by Crippen LogP contribution is 2.26. The zero-order valence-electron chi connectivity index (χ0n) is 14.2. The van der Waals surface area contributed by atoms with Crippen LogP contribution in [-0.2, 0) is 6.54 Å². The topological polar surface area (TPSA) is 68.4 Å². The summed E-state index contributed by atoms with van der Waals surface area (Å²) >= 11 is 0. The first-order valence-corrected chi connectivity index (χ1v) is 8.42. The Morgan fingerprint density at radius 3 is 2.64 bits per heavy atom. The SMILES string of the molecule is CN1CCN(c2cnn(C3CN(Cc4ccc(C#N)cc4)C3)c2)C1=O. The van der Waals surface area contributed by atoms with E-state index in [1.807, 2.05) is 42.2 Å². The van der Waals surface area contributed by atoms with Crippen LogP contribution in [0.25, 0.3) is 0 Å². The molecular weight excluding hydrogens is 316 g/mol. The van der Waals surface area contributed by atoms with Gasteiger partial charge in [-0.3, -0.25) is 14.5 Å². The lowest BCUT2D eigenvalue weighted by Gasteiger charge is -2.39. The molecule has 1 aromatic heterocycles. The molecule has 2 fully saturated rings. The van der Waals surface area contributed by atoms with E-state index in [1.165, 1.54) is 5.56 Å². The quantitative estimate of drug-likeness (QED) is 0.852. The first-order chi connectivity index (χ1) is 12.1. The molecule has 0 N–H and O–H groups in total. The number of carbonyl (C=O) groups is 1. The Kier molecular flexibility index (Phi) is 3.90. The average molecular weight is 336 g/mol. The number of urea groups is 1.